The number of non-ortho nitro benzene ring substituents is 1. The lowest BCUT2D eigenvalue weighted by Gasteiger charge is -2.13. The highest BCUT2D eigenvalue weighted by molar-refractivity contribution is 8.26. The van der Waals surface area contributed by atoms with Crippen LogP contribution in [-0.4, -0.2) is 37.7 Å². The average molecular weight is 418 g/mol. The Morgan fingerprint density at radius 3 is 2.64 bits per heavy atom. The van der Waals surface area contributed by atoms with Crippen LogP contribution in [0.5, 0.6) is 0 Å². The number of carbonyl (C=O) groups is 2. The molecule has 2 heterocycles. The van der Waals surface area contributed by atoms with E-state index in [0.717, 1.165) is 11.8 Å². The standard InChI is InChI=1S/C18H14N2O6S2/c21-16(22)2-1-9-19-17(23)15(28-18(19)27)10-13-7-8-14(26-13)11-3-5-12(6-4-11)20(24)25/h3-8,10H,1-2,9H2,(H,21,22)/b15-10-. The Labute approximate surface area is 169 Å². The summed E-state index contributed by atoms with van der Waals surface area (Å²) in [4.78, 5) is 35.1. The predicted molar refractivity (Wildman–Crippen MR) is 108 cm³/mol. The van der Waals surface area contributed by atoms with Gasteiger partial charge in [-0.1, -0.05) is 24.0 Å². The van der Waals surface area contributed by atoms with Gasteiger partial charge in [0.2, 0.25) is 0 Å². The summed E-state index contributed by atoms with van der Waals surface area (Å²) >= 11 is 6.33. The van der Waals surface area contributed by atoms with Crippen molar-refractivity contribution in [1.29, 1.82) is 0 Å². The minimum Gasteiger partial charge on any atom is -0.481 e. The van der Waals surface area contributed by atoms with Gasteiger partial charge in [-0.05, 0) is 30.7 Å². The van der Waals surface area contributed by atoms with Crippen LogP contribution in [0.15, 0.2) is 45.7 Å². The van der Waals surface area contributed by atoms with Gasteiger partial charge in [0.05, 0.1) is 9.83 Å². The molecule has 1 saturated heterocycles. The minimum atomic E-state index is -0.921. The van der Waals surface area contributed by atoms with Crippen molar-refractivity contribution in [2.45, 2.75) is 12.8 Å². The quantitative estimate of drug-likeness (QED) is 0.311. The Morgan fingerprint density at radius 2 is 2.00 bits per heavy atom. The van der Waals surface area contributed by atoms with Crippen LogP contribution in [0.3, 0.4) is 0 Å². The second kappa shape index (κ2) is 8.36. The van der Waals surface area contributed by atoms with Gasteiger partial charge in [0.15, 0.2) is 0 Å². The molecule has 0 atom stereocenters. The molecule has 1 fully saturated rings. The van der Waals surface area contributed by atoms with E-state index in [1.807, 2.05) is 0 Å². The van der Waals surface area contributed by atoms with E-state index >= 15 is 0 Å². The third-order valence-corrected chi connectivity index (χ3v) is 5.29. The molecule has 1 aliphatic heterocycles. The lowest BCUT2D eigenvalue weighted by Crippen LogP contribution is -2.29. The van der Waals surface area contributed by atoms with E-state index in [4.69, 9.17) is 21.7 Å². The van der Waals surface area contributed by atoms with Gasteiger partial charge in [-0.15, -0.1) is 0 Å². The van der Waals surface area contributed by atoms with E-state index in [-0.39, 0.29) is 24.6 Å². The fraction of sp³-hybridized carbons (Fsp3) is 0.167. The maximum atomic E-state index is 12.5. The van der Waals surface area contributed by atoms with E-state index in [2.05, 4.69) is 0 Å². The van der Waals surface area contributed by atoms with Crippen LogP contribution in [-0.2, 0) is 9.59 Å². The highest BCUT2D eigenvalue weighted by Gasteiger charge is 2.31. The molecule has 144 valence electrons. The van der Waals surface area contributed by atoms with Gasteiger partial charge >= 0.3 is 5.97 Å². The van der Waals surface area contributed by atoms with Gasteiger partial charge in [-0.2, -0.15) is 0 Å². The Bertz CT molecular complexity index is 980. The normalized spacial score (nSPS) is 15.4. The van der Waals surface area contributed by atoms with Crippen molar-refractivity contribution in [3.63, 3.8) is 0 Å². The summed E-state index contributed by atoms with van der Waals surface area (Å²) in [5, 5.41) is 19.4. The maximum absolute atomic E-state index is 12.5. The number of nitrogens with zero attached hydrogens (tertiary/aromatic N) is 2. The van der Waals surface area contributed by atoms with E-state index < -0.39 is 10.9 Å². The highest BCUT2D eigenvalue weighted by Crippen LogP contribution is 2.34. The molecule has 1 aromatic heterocycles. The molecular weight excluding hydrogens is 404 g/mol. The van der Waals surface area contributed by atoms with E-state index in [1.165, 1.54) is 17.0 Å². The first-order valence-corrected chi connectivity index (χ1v) is 9.39. The molecule has 0 radical (unpaired) electrons. The molecule has 0 saturated carbocycles. The second-order valence-corrected chi connectivity index (χ2v) is 7.51. The zero-order valence-corrected chi connectivity index (χ0v) is 16.0. The van der Waals surface area contributed by atoms with Gasteiger partial charge in [0.1, 0.15) is 15.8 Å². The number of nitro benzene ring substituents is 1. The summed E-state index contributed by atoms with van der Waals surface area (Å²) in [5.74, 6) is -0.249. The number of amides is 1. The molecule has 1 aliphatic rings. The third-order valence-electron chi connectivity index (χ3n) is 3.91. The lowest BCUT2D eigenvalue weighted by molar-refractivity contribution is -0.384. The van der Waals surface area contributed by atoms with Crippen molar-refractivity contribution in [3.8, 4) is 11.3 Å². The van der Waals surface area contributed by atoms with Crippen LogP contribution in [0.1, 0.15) is 18.6 Å². The number of nitro groups is 1. The van der Waals surface area contributed by atoms with E-state index in [0.29, 0.717) is 32.7 Å². The second-order valence-electron chi connectivity index (χ2n) is 5.84. The number of carbonyl (C=O) groups excluding carboxylic acids is 1. The SMILES string of the molecule is O=C(O)CCCN1C(=O)/C(=C/c2ccc(-c3ccc([N+](=O)[O-])cc3)o2)SC1=S. The molecule has 2 aromatic rings. The molecule has 0 unspecified atom stereocenters. The van der Waals surface area contributed by atoms with Crippen molar-refractivity contribution in [1.82, 2.24) is 4.90 Å². The van der Waals surface area contributed by atoms with Crippen LogP contribution >= 0.6 is 24.0 Å². The molecule has 1 N–H and O–H groups in total. The summed E-state index contributed by atoms with van der Waals surface area (Å²) < 4.78 is 6.09. The van der Waals surface area contributed by atoms with Crippen molar-refractivity contribution < 1.29 is 24.0 Å². The predicted octanol–water partition coefficient (Wildman–Crippen LogP) is 3.92. The molecule has 10 heteroatoms. The molecule has 0 spiro atoms. The lowest BCUT2D eigenvalue weighted by atomic mass is 10.1. The van der Waals surface area contributed by atoms with Crippen molar-refractivity contribution >= 4 is 51.9 Å². The Kier molecular flexibility index (Phi) is 5.90. The molecule has 28 heavy (non-hydrogen) atoms. The van der Waals surface area contributed by atoms with Crippen LogP contribution in [0.2, 0.25) is 0 Å². The van der Waals surface area contributed by atoms with Crippen LogP contribution in [0.4, 0.5) is 5.69 Å². The van der Waals surface area contributed by atoms with Crippen molar-refractivity contribution in [3.05, 3.63) is 57.2 Å². The molecule has 1 aromatic carbocycles. The Hall–Kier alpha value is -2.98. The summed E-state index contributed by atoms with van der Waals surface area (Å²) in [6, 6.07) is 9.35. The average Bonchev–Trinajstić information content (AvgIpc) is 3.22. The number of carboxylic acids is 1. The van der Waals surface area contributed by atoms with Gasteiger partial charge < -0.3 is 9.52 Å². The molecule has 3 rings (SSSR count). The zero-order chi connectivity index (χ0) is 20.3. The number of carboxylic acid groups (broad SMARTS) is 1. The zero-order valence-electron chi connectivity index (χ0n) is 14.4. The van der Waals surface area contributed by atoms with Gasteiger partial charge in [0, 0.05) is 36.7 Å². The number of thioether (sulfide) groups is 1. The molecule has 0 aliphatic carbocycles. The highest BCUT2D eigenvalue weighted by atomic mass is 32.2. The van der Waals surface area contributed by atoms with Gasteiger partial charge in [0.25, 0.3) is 11.6 Å². The first-order valence-electron chi connectivity index (χ1n) is 8.17. The largest absolute Gasteiger partial charge is 0.481 e. The molecular formula is C18H14N2O6S2. The summed E-state index contributed by atoms with van der Waals surface area (Å²) in [5.41, 5.74) is 0.661. The summed E-state index contributed by atoms with van der Waals surface area (Å²) in [6.07, 6.45) is 1.86. The monoisotopic (exact) mass is 418 g/mol. The topological polar surface area (TPSA) is 114 Å². The van der Waals surface area contributed by atoms with Crippen LogP contribution in [0.25, 0.3) is 17.4 Å². The van der Waals surface area contributed by atoms with Crippen LogP contribution in [0, 0.1) is 10.1 Å². The van der Waals surface area contributed by atoms with Gasteiger partial charge in [-0.3, -0.25) is 24.6 Å². The summed E-state index contributed by atoms with van der Waals surface area (Å²) in [6.45, 7) is 0.251. The van der Waals surface area contributed by atoms with Crippen molar-refractivity contribution in [2.75, 3.05) is 6.54 Å². The van der Waals surface area contributed by atoms with Gasteiger partial charge in [-0.25, -0.2) is 0 Å². The number of rotatable bonds is 7. The number of furan rings is 1. The number of aliphatic carboxylic acids is 1. The van der Waals surface area contributed by atoms with E-state index in [9.17, 15) is 19.7 Å². The Balaban J connectivity index is 1.72. The maximum Gasteiger partial charge on any atom is 0.303 e. The first-order chi connectivity index (χ1) is 13.3. The van der Waals surface area contributed by atoms with Crippen molar-refractivity contribution in [2.24, 2.45) is 0 Å². The third kappa shape index (κ3) is 4.46. The molecule has 0 bridgehead atoms. The van der Waals surface area contributed by atoms with Crippen LogP contribution < -0.4 is 0 Å². The number of hydrogen-bond donors (Lipinski definition) is 1. The minimum absolute atomic E-state index is 0.0119. The molecule has 1 amide bonds. The molecule has 8 nitrogen and oxygen atoms in total. The fourth-order valence-electron chi connectivity index (χ4n) is 2.54. The van der Waals surface area contributed by atoms with E-state index in [1.54, 1.807) is 30.3 Å². The number of thiocarbonyl (C=S) groups is 1. The number of hydrogen-bond acceptors (Lipinski definition) is 7. The number of benzene rings is 1. The first kappa shape index (κ1) is 19.8. The summed E-state index contributed by atoms with van der Waals surface area (Å²) in [7, 11) is 0. The Morgan fingerprint density at radius 1 is 1.29 bits per heavy atom. The fourth-order valence-corrected chi connectivity index (χ4v) is 3.83. The smallest absolute Gasteiger partial charge is 0.303 e.